The molecule has 0 fully saturated rings. The zero-order valence-corrected chi connectivity index (χ0v) is 10.8. The summed E-state index contributed by atoms with van der Waals surface area (Å²) in [5.74, 6) is 0.857. The molecule has 3 rings (SSSR count). The molecule has 0 aliphatic carbocycles. The Morgan fingerprint density at radius 3 is 3.05 bits per heavy atom. The number of fused-ring (bicyclic) bond motifs is 1. The molecule has 0 amide bonds. The smallest absolute Gasteiger partial charge is 0.154 e. The van der Waals surface area contributed by atoms with E-state index in [2.05, 4.69) is 32.3 Å². The number of hydrogen-bond acceptors (Lipinski definition) is 4. The van der Waals surface area contributed by atoms with Gasteiger partial charge in [0.25, 0.3) is 0 Å². The van der Waals surface area contributed by atoms with Gasteiger partial charge in [0.05, 0.1) is 12.5 Å². The molecule has 2 N–H and O–H groups in total. The van der Waals surface area contributed by atoms with E-state index in [4.69, 9.17) is 0 Å². The van der Waals surface area contributed by atoms with Crippen LogP contribution in [0, 0.1) is 0 Å². The molecule has 3 aromatic rings. The first kappa shape index (κ1) is 11.7. The predicted octanol–water partition coefficient (Wildman–Crippen LogP) is 2.33. The molecular weight excluding hydrogens is 240 g/mol. The topological polar surface area (TPSA) is 70.9 Å². The van der Waals surface area contributed by atoms with Crippen molar-refractivity contribution in [1.29, 1.82) is 0 Å². The van der Waals surface area contributed by atoms with Crippen LogP contribution in [0.2, 0.25) is 0 Å². The maximum absolute atomic E-state index is 4.55. The Kier molecular flexibility index (Phi) is 3.14. The highest BCUT2D eigenvalue weighted by atomic mass is 15.3. The van der Waals surface area contributed by atoms with E-state index in [1.54, 1.807) is 12.5 Å². The second-order valence-electron chi connectivity index (χ2n) is 4.37. The molecule has 0 saturated carbocycles. The largest absolute Gasteiger partial charge is 0.369 e. The number of H-pyrrole nitrogens is 1. The predicted molar refractivity (Wildman–Crippen MR) is 74.0 cm³/mol. The summed E-state index contributed by atoms with van der Waals surface area (Å²) in [5.41, 5.74) is 2.54. The van der Waals surface area contributed by atoms with E-state index >= 15 is 0 Å². The van der Waals surface area contributed by atoms with Gasteiger partial charge in [-0.2, -0.15) is 0 Å². The van der Waals surface area contributed by atoms with E-state index in [9.17, 15) is 0 Å². The van der Waals surface area contributed by atoms with Crippen molar-refractivity contribution in [1.82, 2.24) is 24.6 Å². The van der Waals surface area contributed by atoms with Gasteiger partial charge < -0.3 is 10.3 Å². The number of anilines is 1. The Labute approximate surface area is 110 Å². The Morgan fingerprint density at radius 1 is 1.32 bits per heavy atom. The molecule has 0 aromatic carbocycles. The van der Waals surface area contributed by atoms with Crippen molar-refractivity contribution in [2.75, 3.05) is 11.9 Å². The lowest BCUT2D eigenvalue weighted by molar-refractivity contribution is 0.823. The second-order valence-corrected chi connectivity index (χ2v) is 4.37. The SMILES string of the molecule is CCCCNc1ccc2ncc(-c3c[nH]cn3)n2n1. The van der Waals surface area contributed by atoms with E-state index in [0.717, 1.165) is 35.8 Å². The van der Waals surface area contributed by atoms with Crippen molar-refractivity contribution in [3.8, 4) is 11.4 Å². The zero-order valence-electron chi connectivity index (χ0n) is 10.8. The van der Waals surface area contributed by atoms with Crippen LogP contribution in [0.15, 0.2) is 30.9 Å². The normalized spacial score (nSPS) is 11.0. The highest BCUT2D eigenvalue weighted by molar-refractivity contribution is 5.59. The Balaban J connectivity index is 1.94. The standard InChI is InChI=1S/C13H16N6/c1-2-3-6-15-12-4-5-13-16-8-11(19(13)18-12)10-7-14-9-17-10/h4-5,7-9H,2-3,6H2,1H3,(H,14,17)(H,15,18). The van der Waals surface area contributed by atoms with Crippen molar-refractivity contribution in [3.63, 3.8) is 0 Å². The molecule has 0 aliphatic rings. The highest BCUT2D eigenvalue weighted by Crippen LogP contribution is 2.18. The summed E-state index contributed by atoms with van der Waals surface area (Å²) >= 11 is 0. The fourth-order valence-corrected chi connectivity index (χ4v) is 1.94. The third-order valence-electron chi connectivity index (χ3n) is 2.96. The summed E-state index contributed by atoms with van der Waals surface area (Å²) in [6, 6.07) is 3.91. The Bertz CT molecular complexity index is 655. The fraction of sp³-hybridized carbons (Fsp3) is 0.308. The lowest BCUT2D eigenvalue weighted by atomic mass is 10.3. The van der Waals surface area contributed by atoms with Crippen LogP contribution in [0.3, 0.4) is 0 Å². The molecule has 3 heterocycles. The van der Waals surface area contributed by atoms with Gasteiger partial charge in [-0.1, -0.05) is 13.3 Å². The van der Waals surface area contributed by atoms with Crippen molar-refractivity contribution in [3.05, 3.63) is 30.9 Å². The summed E-state index contributed by atoms with van der Waals surface area (Å²) in [4.78, 5) is 11.5. The average molecular weight is 256 g/mol. The lowest BCUT2D eigenvalue weighted by Gasteiger charge is -2.05. The molecule has 0 spiro atoms. The van der Waals surface area contributed by atoms with Crippen LogP contribution in [0.4, 0.5) is 5.82 Å². The van der Waals surface area contributed by atoms with E-state index in [0.29, 0.717) is 0 Å². The van der Waals surface area contributed by atoms with E-state index in [1.807, 2.05) is 22.8 Å². The first-order valence-corrected chi connectivity index (χ1v) is 6.46. The number of imidazole rings is 2. The number of aromatic nitrogens is 5. The molecule has 19 heavy (non-hydrogen) atoms. The van der Waals surface area contributed by atoms with Gasteiger partial charge in [-0.3, -0.25) is 0 Å². The molecule has 0 aliphatic heterocycles. The third-order valence-corrected chi connectivity index (χ3v) is 2.96. The summed E-state index contributed by atoms with van der Waals surface area (Å²) in [5, 5.41) is 7.86. The van der Waals surface area contributed by atoms with Gasteiger partial charge >= 0.3 is 0 Å². The van der Waals surface area contributed by atoms with Crippen LogP contribution < -0.4 is 5.32 Å². The maximum Gasteiger partial charge on any atom is 0.154 e. The van der Waals surface area contributed by atoms with Gasteiger partial charge in [0, 0.05) is 12.7 Å². The van der Waals surface area contributed by atoms with Crippen LogP contribution in [0.5, 0.6) is 0 Å². The van der Waals surface area contributed by atoms with Crippen molar-refractivity contribution in [2.24, 2.45) is 0 Å². The monoisotopic (exact) mass is 256 g/mol. The number of aromatic amines is 1. The Hall–Kier alpha value is -2.37. The van der Waals surface area contributed by atoms with Crippen LogP contribution in [-0.4, -0.2) is 31.1 Å². The molecule has 0 atom stereocenters. The highest BCUT2D eigenvalue weighted by Gasteiger charge is 2.09. The molecule has 6 nitrogen and oxygen atoms in total. The molecule has 0 unspecified atom stereocenters. The quantitative estimate of drug-likeness (QED) is 0.687. The van der Waals surface area contributed by atoms with Crippen molar-refractivity contribution in [2.45, 2.75) is 19.8 Å². The zero-order chi connectivity index (χ0) is 13.1. The number of rotatable bonds is 5. The molecule has 3 aromatic heterocycles. The van der Waals surface area contributed by atoms with E-state index in [-0.39, 0.29) is 0 Å². The molecule has 0 saturated heterocycles. The van der Waals surface area contributed by atoms with Crippen LogP contribution in [0.1, 0.15) is 19.8 Å². The lowest BCUT2D eigenvalue weighted by Crippen LogP contribution is -2.05. The molecule has 6 heteroatoms. The van der Waals surface area contributed by atoms with Crippen molar-refractivity contribution < 1.29 is 0 Å². The minimum atomic E-state index is 0.819. The number of nitrogens with one attached hydrogen (secondary N) is 2. The minimum absolute atomic E-state index is 0.819. The maximum atomic E-state index is 4.55. The van der Waals surface area contributed by atoms with Gasteiger partial charge in [0.15, 0.2) is 5.65 Å². The van der Waals surface area contributed by atoms with Gasteiger partial charge in [-0.25, -0.2) is 14.5 Å². The van der Waals surface area contributed by atoms with Crippen molar-refractivity contribution >= 4 is 11.5 Å². The average Bonchev–Trinajstić information content (AvgIpc) is 3.07. The first-order valence-electron chi connectivity index (χ1n) is 6.46. The van der Waals surface area contributed by atoms with Crippen LogP contribution >= 0.6 is 0 Å². The number of nitrogens with zero attached hydrogens (tertiary/aromatic N) is 4. The molecular formula is C13H16N6. The summed E-state index contributed by atoms with van der Waals surface area (Å²) in [7, 11) is 0. The summed E-state index contributed by atoms with van der Waals surface area (Å²) in [6.07, 6.45) is 7.57. The summed E-state index contributed by atoms with van der Waals surface area (Å²) in [6.45, 7) is 3.10. The first-order chi connectivity index (χ1) is 9.38. The molecule has 0 radical (unpaired) electrons. The number of hydrogen-bond donors (Lipinski definition) is 2. The fourth-order valence-electron chi connectivity index (χ4n) is 1.94. The third kappa shape index (κ3) is 2.29. The summed E-state index contributed by atoms with van der Waals surface area (Å²) < 4.78 is 1.81. The van der Waals surface area contributed by atoms with E-state index in [1.165, 1.54) is 6.42 Å². The second kappa shape index (κ2) is 5.09. The van der Waals surface area contributed by atoms with E-state index < -0.39 is 0 Å². The Morgan fingerprint density at radius 2 is 2.26 bits per heavy atom. The van der Waals surface area contributed by atoms with Gasteiger partial charge in [-0.05, 0) is 18.6 Å². The molecule has 0 bridgehead atoms. The molecule has 98 valence electrons. The van der Waals surface area contributed by atoms with Gasteiger partial charge in [0.2, 0.25) is 0 Å². The van der Waals surface area contributed by atoms with Gasteiger partial charge in [-0.15, -0.1) is 5.10 Å². The van der Waals surface area contributed by atoms with Crippen LogP contribution in [0.25, 0.3) is 17.0 Å². The minimum Gasteiger partial charge on any atom is -0.369 e. The van der Waals surface area contributed by atoms with Gasteiger partial charge in [0.1, 0.15) is 17.2 Å². The number of unbranched alkanes of at least 4 members (excludes halogenated alkanes) is 1. The van der Waals surface area contributed by atoms with Crippen LogP contribution in [-0.2, 0) is 0 Å².